The SMILES string of the molecule is COC(c1ccccc1)C(CCCCCOC(N)=O)(OC(N)=O)C(OC)c1ccccc1. The summed E-state index contributed by atoms with van der Waals surface area (Å²) in [5.41, 5.74) is 11.0. The standard InChI is InChI=1S/C24H32N2O6/c1-29-20(18-12-6-3-7-13-18)24(32-23(26)28,16-10-5-11-17-31-22(25)27)21(30-2)19-14-8-4-9-15-19/h3-4,6-9,12-15,20-21H,5,10-11,16-17H2,1-2H3,(H2,25,27)(H2,26,28). The molecule has 32 heavy (non-hydrogen) atoms. The van der Waals surface area contributed by atoms with Gasteiger partial charge in [0.1, 0.15) is 12.2 Å². The van der Waals surface area contributed by atoms with E-state index in [9.17, 15) is 9.59 Å². The predicted molar refractivity (Wildman–Crippen MR) is 120 cm³/mol. The van der Waals surface area contributed by atoms with E-state index in [1.165, 1.54) is 0 Å². The van der Waals surface area contributed by atoms with E-state index in [0.717, 1.165) is 11.1 Å². The Labute approximate surface area is 188 Å². The van der Waals surface area contributed by atoms with Crippen LogP contribution in [0.25, 0.3) is 0 Å². The van der Waals surface area contributed by atoms with Gasteiger partial charge in [-0.05, 0) is 36.8 Å². The highest BCUT2D eigenvalue weighted by Gasteiger charge is 2.51. The lowest BCUT2D eigenvalue weighted by molar-refractivity contribution is -0.175. The Morgan fingerprint density at radius 1 is 0.781 bits per heavy atom. The molecule has 0 aliphatic carbocycles. The van der Waals surface area contributed by atoms with Crippen molar-refractivity contribution in [2.24, 2.45) is 11.5 Å². The molecule has 0 bridgehead atoms. The highest BCUT2D eigenvalue weighted by Crippen LogP contribution is 2.47. The second-order valence-electron chi connectivity index (χ2n) is 7.41. The zero-order chi connectivity index (χ0) is 23.4. The maximum absolute atomic E-state index is 12.1. The minimum atomic E-state index is -1.25. The van der Waals surface area contributed by atoms with E-state index in [1.807, 2.05) is 60.7 Å². The lowest BCUT2D eigenvalue weighted by atomic mass is 9.78. The number of methoxy groups -OCH3 is 2. The molecule has 0 aromatic heterocycles. The van der Waals surface area contributed by atoms with E-state index >= 15 is 0 Å². The summed E-state index contributed by atoms with van der Waals surface area (Å²) >= 11 is 0. The summed E-state index contributed by atoms with van der Waals surface area (Å²) in [6.07, 6.45) is -0.676. The van der Waals surface area contributed by atoms with Crippen LogP contribution in [0.2, 0.25) is 0 Å². The molecule has 0 radical (unpaired) electrons. The first kappa shape index (κ1) is 25.2. The average molecular weight is 445 g/mol. The van der Waals surface area contributed by atoms with E-state index in [4.69, 9.17) is 30.4 Å². The lowest BCUT2D eigenvalue weighted by Gasteiger charge is -2.44. The maximum atomic E-state index is 12.1. The number of hydrogen-bond donors (Lipinski definition) is 2. The van der Waals surface area contributed by atoms with Crippen molar-refractivity contribution in [2.45, 2.75) is 43.5 Å². The van der Waals surface area contributed by atoms with Gasteiger partial charge >= 0.3 is 12.2 Å². The van der Waals surface area contributed by atoms with Crippen molar-refractivity contribution in [1.82, 2.24) is 0 Å². The first-order chi connectivity index (χ1) is 15.4. The predicted octanol–water partition coefficient (Wildman–Crippen LogP) is 4.25. The molecule has 8 nitrogen and oxygen atoms in total. The Morgan fingerprint density at radius 2 is 1.28 bits per heavy atom. The summed E-state index contributed by atoms with van der Waals surface area (Å²) < 4.78 is 22.5. The zero-order valence-electron chi connectivity index (χ0n) is 18.6. The van der Waals surface area contributed by atoms with E-state index in [1.54, 1.807) is 14.2 Å². The second kappa shape index (κ2) is 12.7. The second-order valence-corrected chi connectivity index (χ2v) is 7.41. The summed E-state index contributed by atoms with van der Waals surface area (Å²) in [7, 11) is 3.13. The fourth-order valence-corrected chi connectivity index (χ4v) is 4.09. The first-order valence-corrected chi connectivity index (χ1v) is 10.5. The van der Waals surface area contributed by atoms with Crippen LogP contribution in [0.5, 0.6) is 0 Å². The molecule has 0 fully saturated rings. The van der Waals surface area contributed by atoms with Gasteiger partial charge in [0, 0.05) is 14.2 Å². The number of unbranched alkanes of at least 4 members (excludes halogenated alkanes) is 2. The number of ether oxygens (including phenoxy) is 4. The number of benzene rings is 2. The number of rotatable bonds is 13. The first-order valence-electron chi connectivity index (χ1n) is 10.5. The largest absolute Gasteiger partial charge is 0.450 e. The fourth-order valence-electron chi connectivity index (χ4n) is 4.09. The van der Waals surface area contributed by atoms with E-state index in [2.05, 4.69) is 0 Å². The lowest BCUT2D eigenvalue weighted by Crippen LogP contribution is -2.49. The topological polar surface area (TPSA) is 123 Å². The van der Waals surface area contributed by atoms with E-state index in [0.29, 0.717) is 25.7 Å². The minimum Gasteiger partial charge on any atom is -0.450 e. The molecule has 2 aromatic rings. The van der Waals surface area contributed by atoms with Gasteiger partial charge < -0.3 is 30.4 Å². The Bertz CT molecular complexity index is 783. The van der Waals surface area contributed by atoms with Gasteiger partial charge in [-0.25, -0.2) is 9.59 Å². The van der Waals surface area contributed by atoms with Crippen LogP contribution in [0.15, 0.2) is 60.7 Å². The van der Waals surface area contributed by atoms with Crippen LogP contribution < -0.4 is 11.5 Å². The van der Waals surface area contributed by atoms with Gasteiger partial charge in [-0.3, -0.25) is 0 Å². The summed E-state index contributed by atoms with van der Waals surface area (Å²) in [4.78, 5) is 22.9. The van der Waals surface area contributed by atoms with Crippen molar-refractivity contribution in [3.05, 3.63) is 71.8 Å². The molecule has 0 aliphatic heterocycles. The molecule has 4 N–H and O–H groups in total. The number of primary amides is 2. The Kier molecular flexibility index (Phi) is 9.97. The molecule has 2 atom stereocenters. The molecule has 2 aromatic carbocycles. The van der Waals surface area contributed by atoms with Crippen LogP contribution in [-0.4, -0.2) is 38.6 Å². The number of hydrogen-bond acceptors (Lipinski definition) is 6. The monoisotopic (exact) mass is 444 g/mol. The van der Waals surface area contributed by atoms with Crippen molar-refractivity contribution in [3.63, 3.8) is 0 Å². The molecule has 174 valence electrons. The number of nitrogens with two attached hydrogens (primary N) is 2. The van der Waals surface area contributed by atoms with Gasteiger partial charge in [-0.15, -0.1) is 0 Å². The molecule has 2 unspecified atom stereocenters. The number of carbonyl (C=O) groups excluding carboxylic acids is 2. The van der Waals surface area contributed by atoms with E-state index in [-0.39, 0.29) is 6.61 Å². The molecule has 0 heterocycles. The quantitative estimate of drug-likeness (QED) is 0.445. The number of amides is 2. The fraction of sp³-hybridized carbons (Fsp3) is 0.417. The van der Waals surface area contributed by atoms with Crippen molar-refractivity contribution in [3.8, 4) is 0 Å². The molecule has 0 spiro atoms. The number of carbonyl (C=O) groups is 2. The Balaban J connectivity index is 2.44. The summed E-state index contributed by atoms with van der Waals surface area (Å²) in [6.45, 7) is 0.220. The zero-order valence-corrected chi connectivity index (χ0v) is 18.6. The minimum absolute atomic E-state index is 0.220. The average Bonchev–Trinajstić information content (AvgIpc) is 2.78. The van der Waals surface area contributed by atoms with Crippen LogP contribution in [-0.2, 0) is 18.9 Å². The van der Waals surface area contributed by atoms with Crippen LogP contribution in [0.3, 0.4) is 0 Å². The summed E-state index contributed by atoms with van der Waals surface area (Å²) in [6, 6.07) is 19.0. The third-order valence-electron chi connectivity index (χ3n) is 5.31. The summed E-state index contributed by atoms with van der Waals surface area (Å²) in [5.74, 6) is 0. The smallest absolute Gasteiger partial charge is 0.405 e. The van der Waals surface area contributed by atoms with Crippen molar-refractivity contribution in [2.75, 3.05) is 20.8 Å². The van der Waals surface area contributed by atoms with Gasteiger partial charge in [-0.1, -0.05) is 60.7 Å². The molecule has 0 aliphatic rings. The van der Waals surface area contributed by atoms with Gasteiger partial charge in [0.15, 0.2) is 5.60 Å². The third kappa shape index (κ3) is 6.70. The highest BCUT2D eigenvalue weighted by molar-refractivity contribution is 5.65. The van der Waals surface area contributed by atoms with Gasteiger partial charge in [0.05, 0.1) is 6.61 Å². The summed E-state index contributed by atoms with van der Waals surface area (Å²) in [5, 5.41) is 0. The van der Waals surface area contributed by atoms with Crippen LogP contribution in [0, 0.1) is 0 Å². The van der Waals surface area contributed by atoms with Crippen LogP contribution in [0.4, 0.5) is 9.59 Å². The van der Waals surface area contributed by atoms with E-state index < -0.39 is 30.0 Å². The van der Waals surface area contributed by atoms with Crippen LogP contribution in [0.1, 0.15) is 49.0 Å². The van der Waals surface area contributed by atoms with Crippen molar-refractivity contribution >= 4 is 12.2 Å². The molecule has 0 saturated carbocycles. The molecular formula is C24H32N2O6. The van der Waals surface area contributed by atoms with Gasteiger partial charge in [0.2, 0.25) is 0 Å². The van der Waals surface area contributed by atoms with Gasteiger partial charge in [0.25, 0.3) is 0 Å². The Morgan fingerprint density at radius 3 is 1.69 bits per heavy atom. The molecule has 2 amide bonds. The molecular weight excluding hydrogens is 412 g/mol. The molecule has 2 rings (SSSR count). The third-order valence-corrected chi connectivity index (χ3v) is 5.31. The Hall–Kier alpha value is -3.10. The van der Waals surface area contributed by atoms with Crippen molar-refractivity contribution in [1.29, 1.82) is 0 Å². The van der Waals surface area contributed by atoms with Crippen LogP contribution >= 0.6 is 0 Å². The normalized spacial score (nSPS) is 14.7. The molecule has 0 saturated heterocycles. The van der Waals surface area contributed by atoms with Crippen molar-refractivity contribution < 1.29 is 28.5 Å². The van der Waals surface area contributed by atoms with Gasteiger partial charge in [-0.2, -0.15) is 0 Å². The maximum Gasteiger partial charge on any atom is 0.405 e. The highest BCUT2D eigenvalue weighted by atomic mass is 16.6. The molecule has 8 heteroatoms.